The molecule has 8 nitrogen and oxygen atoms in total. The third-order valence-electron chi connectivity index (χ3n) is 6.62. The first-order valence-electron chi connectivity index (χ1n) is 11.2. The van der Waals surface area contributed by atoms with Gasteiger partial charge in [0.05, 0.1) is 11.3 Å². The Balaban J connectivity index is 1.37. The SMILES string of the molecule is CN(Cc1ccc(Cl)cc1)C(=O)COC(=O)[C@]12CCC(=O)N1c1ccccc1C(=O)N2C1CC1. The fourth-order valence-electron chi connectivity index (χ4n) is 4.82. The molecule has 3 aliphatic rings. The molecule has 0 bridgehead atoms. The lowest BCUT2D eigenvalue weighted by atomic mass is 9.96. The van der Waals surface area contributed by atoms with Crippen LogP contribution in [0.15, 0.2) is 48.5 Å². The summed E-state index contributed by atoms with van der Waals surface area (Å²) in [6.45, 7) is -0.162. The molecule has 0 N–H and O–H groups in total. The van der Waals surface area contributed by atoms with Gasteiger partial charge < -0.3 is 14.5 Å². The summed E-state index contributed by atoms with van der Waals surface area (Å²) >= 11 is 5.91. The van der Waals surface area contributed by atoms with Crippen LogP contribution < -0.4 is 4.90 Å². The van der Waals surface area contributed by atoms with Crippen LogP contribution in [-0.2, 0) is 25.7 Å². The molecule has 9 heteroatoms. The van der Waals surface area contributed by atoms with Gasteiger partial charge in [0.2, 0.25) is 11.6 Å². The van der Waals surface area contributed by atoms with Crippen LogP contribution in [0.4, 0.5) is 5.69 Å². The van der Waals surface area contributed by atoms with Crippen molar-refractivity contribution >= 4 is 41.0 Å². The molecule has 1 saturated carbocycles. The molecule has 1 aliphatic carbocycles. The maximum Gasteiger partial charge on any atom is 0.354 e. The number of likely N-dealkylation sites (N-methyl/N-ethyl adjacent to an activating group) is 1. The minimum atomic E-state index is -1.56. The van der Waals surface area contributed by atoms with Crippen molar-refractivity contribution in [3.05, 3.63) is 64.7 Å². The average Bonchev–Trinajstić information content (AvgIpc) is 3.61. The number of benzene rings is 2. The normalized spacial score (nSPS) is 21.2. The van der Waals surface area contributed by atoms with Gasteiger partial charge in [-0.05, 0) is 42.7 Å². The molecule has 1 saturated heterocycles. The summed E-state index contributed by atoms with van der Waals surface area (Å²) in [5, 5.41) is 0.602. The Morgan fingerprint density at radius 2 is 1.82 bits per heavy atom. The van der Waals surface area contributed by atoms with E-state index in [1.807, 2.05) is 12.1 Å². The average molecular weight is 482 g/mol. The van der Waals surface area contributed by atoms with E-state index in [9.17, 15) is 19.2 Å². The molecule has 1 atom stereocenters. The van der Waals surface area contributed by atoms with Crippen LogP contribution in [0.25, 0.3) is 0 Å². The number of hydrogen-bond acceptors (Lipinski definition) is 5. The summed E-state index contributed by atoms with van der Waals surface area (Å²) in [6.07, 6.45) is 1.77. The van der Waals surface area contributed by atoms with Crippen LogP contribution >= 0.6 is 11.6 Å². The highest BCUT2D eigenvalue weighted by atomic mass is 35.5. The quantitative estimate of drug-likeness (QED) is 0.592. The highest BCUT2D eigenvalue weighted by Gasteiger charge is 2.64. The molecule has 176 valence electrons. The Morgan fingerprint density at radius 1 is 1.12 bits per heavy atom. The van der Waals surface area contributed by atoms with Crippen LogP contribution in [0.5, 0.6) is 0 Å². The van der Waals surface area contributed by atoms with Crippen molar-refractivity contribution in [2.45, 2.75) is 43.9 Å². The molecule has 2 fully saturated rings. The predicted octanol–water partition coefficient (Wildman–Crippen LogP) is 2.98. The summed E-state index contributed by atoms with van der Waals surface area (Å²) in [6, 6.07) is 13.8. The molecule has 2 aromatic rings. The number of carbonyl (C=O) groups is 4. The maximum atomic E-state index is 13.6. The fourth-order valence-corrected chi connectivity index (χ4v) is 4.94. The Labute approximate surface area is 202 Å². The van der Waals surface area contributed by atoms with Crippen molar-refractivity contribution in [3.63, 3.8) is 0 Å². The molecule has 2 heterocycles. The van der Waals surface area contributed by atoms with Crippen molar-refractivity contribution < 1.29 is 23.9 Å². The van der Waals surface area contributed by atoms with E-state index in [1.54, 1.807) is 43.4 Å². The van der Waals surface area contributed by atoms with E-state index in [2.05, 4.69) is 0 Å². The van der Waals surface area contributed by atoms with E-state index in [-0.39, 0.29) is 30.7 Å². The predicted molar refractivity (Wildman–Crippen MR) is 124 cm³/mol. The number of anilines is 1. The third-order valence-corrected chi connectivity index (χ3v) is 6.88. The smallest absolute Gasteiger partial charge is 0.354 e. The van der Waals surface area contributed by atoms with Gasteiger partial charge >= 0.3 is 5.97 Å². The molecule has 5 rings (SSSR count). The minimum absolute atomic E-state index is 0.115. The van der Waals surface area contributed by atoms with E-state index in [0.29, 0.717) is 22.8 Å². The molecular formula is C25H24ClN3O5. The number of fused-ring (bicyclic) bond motifs is 3. The number of hydrogen-bond donors (Lipinski definition) is 0. The number of ether oxygens (including phenoxy) is 1. The number of para-hydroxylation sites is 1. The van der Waals surface area contributed by atoms with Gasteiger partial charge in [-0.2, -0.15) is 0 Å². The molecular weight excluding hydrogens is 458 g/mol. The van der Waals surface area contributed by atoms with Crippen LogP contribution in [0.2, 0.25) is 5.02 Å². The van der Waals surface area contributed by atoms with Gasteiger partial charge in [-0.1, -0.05) is 35.9 Å². The molecule has 0 aromatic heterocycles. The molecule has 3 amide bonds. The van der Waals surface area contributed by atoms with E-state index in [1.165, 1.54) is 14.7 Å². The topological polar surface area (TPSA) is 87.2 Å². The second-order valence-corrected chi connectivity index (χ2v) is 9.36. The number of amides is 3. The van der Waals surface area contributed by atoms with E-state index in [0.717, 1.165) is 18.4 Å². The van der Waals surface area contributed by atoms with E-state index >= 15 is 0 Å². The Hall–Kier alpha value is -3.39. The standard InChI is InChI=1S/C25H24ClN3O5/c1-27(14-16-6-8-17(26)9-7-16)22(31)15-34-24(33)25-13-12-21(30)29(25)20-5-3-2-4-19(20)23(32)28(25)18-10-11-18/h2-9,18H,10-15H2,1H3/t25-/m0/s1. The number of halogens is 1. The highest BCUT2D eigenvalue weighted by molar-refractivity contribution is 6.30. The fraction of sp³-hybridized carbons (Fsp3) is 0.360. The first-order chi connectivity index (χ1) is 16.3. The maximum absolute atomic E-state index is 13.6. The molecule has 0 spiro atoms. The summed E-state index contributed by atoms with van der Waals surface area (Å²) in [5.41, 5.74) is 0.132. The monoisotopic (exact) mass is 481 g/mol. The number of rotatable bonds is 6. The minimum Gasteiger partial charge on any atom is -0.452 e. The van der Waals surface area contributed by atoms with Gasteiger partial charge in [-0.3, -0.25) is 19.3 Å². The van der Waals surface area contributed by atoms with Crippen molar-refractivity contribution in [3.8, 4) is 0 Å². The summed E-state index contributed by atoms with van der Waals surface area (Å²) < 4.78 is 5.51. The van der Waals surface area contributed by atoms with Crippen molar-refractivity contribution in [1.29, 1.82) is 0 Å². The molecule has 2 aromatic carbocycles. The lowest BCUT2D eigenvalue weighted by Gasteiger charge is -2.48. The Bertz CT molecular complexity index is 1180. The zero-order chi connectivity index (χ0) is 24.0. The first kappa shape index (κ1) is 22.4. The van der Waals surface area contributed by atoms with Gasteiger partial charge in [0.1, 0.15) is 0 Å². The highest BCUT2D eigenvalue weighted by Crippen LogP contribution is 2.49. The van der Waals surface area contributed by atoms with Crippen molar-refractivity contribution in [1.82, 2.24) is 9.80 Å². The number of nitrogens with zero attached hydrogens (tertiary/aromatic N) is 3. The van der Waals surface area contributed by atoms with E-state index < -0.39 is 24.1 Å². The second kappa shape index (κ2) is 8.43. The Kier molecular flexibility index (Phi) is 5.56. The first-order valence-corrected chi connectivity index (χ1v) is 11.6. The number of esters is 1. The van der Waals surface area contributed by atoms with Crippen LogP contribution in [0.3, 0.4) is 0 Å². The van der Waals surface area contributed by atoms with E-state index in [4.69, 9.17) is 16.3 Å². The van der Waals surface area contributed by atoms with Crippen LogP contribution in [0, 0.1) is 0 Å². The third kappa shape index (κ3) is 3.62. The van der Waals surface area contributed by atoms with Gasteiger partial charge in [0.25, 0.3) is 11.8 Å². The van der Waals surface area contributed by atoms with Crippen molar-refractivity contribution in [2.24, 2.45) is 0 Å². The number of carbonyl (C=O) groups excluding carboxylic acids is 4. The van der Waals surface area contributed by atoms with Gasteiger partial charge in [-0.15, -0.1) is 0 Å². The van der Waals surface area contributed by atoms with Crippen LogP contribution in [0.1, 0.15) is 41.6 Å². The summed E-state index contributed by atoms with van der Waals surface area (Å²) in [7, 11) is 1.62. The summed E-state index contributed by atoms with van der Waals surface area (Å²) in [4.78, 5) is 57.0. The molecule has 0 radical (unpaired) electrons. The lowest BCUT2D eigenvalue weighted by molar-refractivity contribution is -0.162. The second-order valence-electron chi connectivity index (χ2n) is 8.92. The lowest BCUT2D eigenvalue weighted by Crippen LogP contribution is -2.69. The van der Waals surface area contributed by atoms with Crippen molar-refractivity contribution in [2.75, 3.05) is 18.6 Å². The Morgan fingerprint density at radius 3 is 2.53 bits per heavy atom. The zero-order valence-electron chi connectivity index (χ0n) is 18.7. The largest absolute Gasteiger partial charge is 0.452 e. The molecule has 34 heavy (non-hydrogen) atoms. The van der Waals surface area contributed by atoms with Gasteiger partial charge in [0.15, 0.2) is 6.61 Å². The molecule has 0 unspecified atom stereocenters. The van der Waals surface area contributed by atoms with Gasteiger partial charge in [0, 0.05) is 37.5 Å². The summed E-state index contributed by atoms with van der Waals surface area (Å²) in [5.74, 6) is -1.67. The van der Waals surface area contributed by atoms with Crippen LogP contribution in [-0.4, -0.2) is 58.8 Å². The van der Waals surface area contributed by atoms with Gasteiger partial charge in [-0.25, -0.2) is 4.79 Å². The molecule has 2 aliphatic heterocycles. The zero-order valence-corrected chi connectivity index (χ0v) is 19.5.